The fourth-order valence-corrected chi connectivity index (χ4v) is 1.83. The van der Waals surface area contributed by atoms with E-state index in [1.165, 1.54) is 18.2 Å². The van der Waals surface area contributed by atoms with E-state index in [9.17, 15) is 14.9 Å². The lowest BCUT2D eigenvalue weighted by Gasteiger charge is -2.28. The second-order valence-corrected chi connectivity index (χ2v) is 4.35. The SMILES string of the molecule is CCNC(=O)c1ccc([N+](=O)[O-])c(NC2CNC2)c1. The van der Waals surface area contributed by atoms with Crippen LogP contribution in [0.3, 0.4) is 0 Å². The molecule has 0 aromatic heterocycles. The number of carbonyl (C=O) groups excluding carboxylic acids is 1. The minimum Gasteiger partial charge on any atom is -0.374 e. The zero-order valence-electron chi connectivity index (χ0n) is 10.6. The van der Waals surface area contributed by atoms with Crippen molar-refractivity contribution in [2.45, 2.75) is 13.0 Å². The minimum atomic E-state index is -0.448. The van der Waals surface area contributed by atoms with Crippen molar-refractivity contribution in [3.63, 3.8) is 0 Å². The van der Waals surface area contributed by atoms with Gasteiger partial charge in [-0.1, -0.05) is 0 Å². The average Bonchev–Trinajstić information content (AvgIpc) is 2.33. The Morgan fingerprint density at radius 1 is 1.53 bits per heavy atom. The van der Waals surface area contributed by atoms with Gasteiger partial charge in [-0.15, -0.1) is 0 Å². The number of hydrogen-bond donors (Lipinski definition) is 3. The Labute approximate surface area is 110 Å². The van der Waals surface area contributed by atoms with Gasteiger partial charge >= 0.3 is 0 Å². The van der Waals surface area contributed by atoms with E-state index >= 15 is 0 Å². The van der Waals surface area contributed by atoms with Crippen LogP contribution in [-0.2, 0) is 0 Å². The lowest BCUT2D eigenvalue weighted by Crippen LogP contribution is -2.51. The maximum absolute atomic E-state index is 11.7. The third kappa shape index (κ3) is 3.00. The Morgan fingerprint density at radius 3 is 2.79 bits per heavy atom. The molecule has 2 rings (SSSR count). The van der Waals surface area contributed by atoms with Gasteiger partial charge in [0.05, 0.1) is 11.0 Å². The summed E-state index contributed by atoms with van der Waals surface area (Å²) in [7, 11) is 0. The van der Waals surface area contributed by atoms with E-state index in [4.69, 9.17) is 0 Å². The van der Waals surface area contributed by atoms with Crippen molar-refractivity contribution in [2.24, 2.45) is 0 Å². The lowest BCUT2D eigenvalue weighted by molar-refractivity contribution is -0.384. The van der Waals surface area contributed by atoms with Crippen molar-refractivity contribution in [3.8, 4) is 0 Å². The van der Waals surface area contributed by atoms with Gasteiger partial charge in [-0.25, -0.2) is 0 Å². The van der Waals surface area contributed by atoms with Gasteiger partial charge < -0.3 is 16.0 Å². The van der Waals surface area contributed by atoms with E-state index in [-0.39, 0.29) is 17.6 Å². The molecule has 0 radical (unpaired) electrons. The molecule has 0 unspecified atom stereocenters. The Hall–Kier alpha value is -2.15. The minimum absolute atomic E-state index is 0.0139. The molecule has 1 aromatic carbocycles. The van der Waals surface area contributed by atoms with Crippen LogP contribution in [0.2, 0.25) is 0 Å². The Balaban J connectivity index is 2.26. The van der Waals surface area contributed by atoms with Gasteiger partial charge in [0, 0.05) is 31.3 Å². The first-order chi connectivity index (χ1) is 9.11. The molecule has 0 spiro atoms. The summed E-state index contributed by atoms with van der Waals surface area (Å²) < 4.78 is 0. The Kier molecular flexibility index (Phi) is 3.96. The Bertz CT molecular complexity index is 500. The molecule has 1 aliphatic heterocycles. The summed E-state index contributed by atoms with van der Waals surface area (Å²) >= 11 is 0. The largest absolute Gasteiger partial charge is 0.374 e. The van der Waals surface area contributed by atoms with Crippen LogP contribution in [0.25, 0.3) is 0 Å². The molecule has 1 saturated heterocycles. The topological polar surface area (TPSA) is 96.3 Å². The predicted octanol–water partition coefficient (Wildman–Crippen LogP) is 0.728. The number of nitrogens with zero attached hydrogens (tertiary/aromatic N) is 1. The monoisotopic (exact) mass is 264 g/mol. The molecule has 7 nitrogen and oxygen atoms in total. The zero-order chi connectivity index (χ0) is 13.8. The van der Waals surface area contributed by atoms with Gasteiger partial charge in [0.15, 0.2) is 0 Å². The molecular weight excluding hydrogens is 248 g/mol. The van der Waals surface area contributed by atoms with E-state index in [2.05, 4.69) is 16.0 Å². The highest BCUT2D eigenvalue weighted by atomic mass is 16.6. The average molecular weight is 264 g/mol. The summed E-state index contributed by atoms with van der Waals surface area (Å²) in [6, 6.07) is 4.52. The normalized spacial score (nSPS) is 14.6. The van der Waals surface area contributed by atoms with Gasteiger partial charge in [-0.3, -0.25) is 14.9 Å². The van der Waals surface area contributed by atoms with E-state index in [1.807, 2.05) is 6.92 Å². The molecule has 19 heavy (non-hydrogen) atoms. The zero-order valence-corrected chi connectivity index (χ0v) is 10.6. The van der Waals surface area contributed by atoms with Gasteiger partial charge in [0.25, 0.3) is 11.6 Å². The Morgan fingerprint density at radius 2 is 2.26 bits per heavy atom. The van der Waals surface area contributed by atoms with E-state index in [0.717, 1.165) is 13.1 Å². The molecule has 0 bridgehead atoms. The second kappa shape index (κ2) is 5.66. The van der Waals surface area contributed by atoms with Crippen molar-refractivity contribution in [1.29, 1.82) is 0 Å². The quantitative estimate of drug-likeness (QED) is 0.538. The van der Waals surface area contributed by atoms with E-state index in [1.54, 1.807) is 0 Å². The molecular formula is C12H16N4O3. The number of nitro groups is 1. The first kappa shape index (κ1) is 13.3. The van der Waals surface area contributed by atoms with Crippen molar-refractivity contribution in [1.82, 2.24) is 10.6 Å². The third-order valence-electron chi connectivity index (χ3n) is 2.93. The number of rotatable bonds is 5. The molecule has 1 fully saturated rings. The summed E-state index contributed by atoms with van der Waals surface area (Å²) in [5.41, 5.74) is 0.794. The summed E-state index contributed by atoms with van der Waals surface area (Å²) in [6.45, 7) is 3.87. The highest BCUT2D eigenvalue weighted by molar-refractivity contribution is 5.95. The molecule has 0 aliphatic carbocycles. The van der Waals surface area contributed by atoms with Crippen LogP contribution in [0.5, 0.6) is 0 Å². The molecule has 3 N–H and O–H groups in total. The fourth-order valence-electron chi connectivity index (χ4n) is 1.83. The summed E-state index contributed by atoms with van der Waals surface area (Å²) in [6.07, 6.45) is 0. The van der Waals surface area contributed by atoms with Crippen LogP contribution < -0.4 is 16.0 Å². The maximum Gasteiger partial charge on any atom is 0.292 e. The van der Waals surface area contributed by atoms with Crippen LogP contribution in [-0.4, -0.2) is 36.5 Å². The van der Waals surface area contributed by atoms with Crippen LogP contribution >= 0.6 is 0 Å². The molecule has 1 heterocycles. The number of nitro benzene ring substituents is 1. The van der Waals surface area contributed by atoms with Gasteiger partial charge in [0.2, 0.25) is 0 Å². The van der Waals surface area contributed by atoms with Gasteiger partial charge in [-0.05, 0) is 19.1 Å². The summed E-state index contributed by atoms with van der Waals surface area (Å²) in [5.74, 6) is -0.229. The van der Waals surface area contributed by atoms with Crippen molar-refractivity contribution < 1.29 is 9.72 Å². The number of anilines is 1. The molecule has 1 amide bonds. The number of nitrogens with one attached hydrogen (secondary N) is 3. The van der Waals surface area contributed by atoms with Crippen molar-refractivity contribution in [2.75, 3.05) is 25.0 Å². The number of hydrogen-bond acceptors (Lipinski definition) is 5. The summed E-state index contributed by atoms with van der Waals surface area (Å²) in [5, 5.41) is 19.8. The third-order valence-corrected chi connectivity index (χ3v) is 2.93. The van der Waals surface area contributed by atoms with Gasteiger partial charge in [0.1, 0.15) is 5.69 Å². The molecule has 1 aliphatic rings. The molecule has 0 saturated carbocycles. The van der Waals surface area contributed by atoms with Crippen LogP contribution in [0.4, 0.5) is 11.4 Å². The van der Waals surface area contributed by atoms with Crippen molar-refractivity contribution >= 4 is 17.3 Å². The first-order valence-electron chi connectivity index (χ1n) is 6.15. The highest BCUT2D eigenvalue weighted by Gasteiger charge is 2.22. The highest BCUT2D eigenvalue weighted by Crippen LogP contribution is 2.26. The first-order valence-corrected chi connectivity index (χ1v) is 6.15. The van der Waals surface area contributed by atoms with Crippen LogP contribution in [0.1, 0.15) is 17.3 Å². The lowest BCUT2D eigenvalue weighted by atomic mass is 10.1. The smallest absolute Gasteiger partial charge is 0.292 e. The second-order valence-electron chi connectivity index (χ2n) is 4.35. The molecule has 1 aromatic rings. The summed E-state index contributed by atoms with van der Waals surface area (Å²) in [4.78, 5) is 22.2. The van der Waals surface area contributed by atoms with Crippen LogP contribution in [0, 0.1) is 10.1 Å². The predicted molar refractivity (Wildman–Crippen MR) is 71.4 cm³/mol. The van der Waals surface area contributed by atoms with Gasteiger partial charge in [-0.2, -0.15) is 0 Å². The fraction of sp³-hybridized carbons (Fsp3) is 0.417. The molecule has 7 heteroatoms. The van der Waals surface area contributed by atoms with E-state index in [0.29, 0.717) is 17.8 Å². The maximum atomic E-state index is 11.7. The molecule has 102 valence electrons. The van der Waals surface area contributed by atoms with Crippen LogP contribution in [0.15, 0.2) is 18.2 Å². The van der Waals surface area contributed by atoms with Crippen molar-refractivity contribution in [3.05, 3.63) is 33.9 Å². The standard InChI is InChI=1S/C12H16N4O3/c1-2-14-12(17)8-3-4-11(16(18)19)10(5-8)15-9-6-13-7-9/h3-5,9,13,15H,2,6-7H2,1H3,(H,14,17). The molecule has 0 atom stereocenters. The number of benzene rings is 1. The number of amides is 1. The van der Waals surface area contributed by atoms with E-state index < -0.39 is 4.92 Å². The number of carbonyl (C=O) groups is 1.